The average molecular weight is 342 g/mol. The normalized spacial score (nSPS) is 26.1. The van der Waals surface area contributed by atoms with E-state index < -0.39 is 42.4 Å². The lowest BCUT2D eigenvalue weighted by atomic mass is 9.72. The summed E-state index contributed by atoms with van der Waals surface area (Å²) in [6.07, 6.45) is -1.37. The van der Waals surface area contributed by atoms with Crippen LogP contribution in [0.1, 0.15) is 24.0 Å². The van der Waals surface area contributed by atoms with Crippen LogP contribution in [0, 0.1) is 0 Å². The van der Waals surface area contributed by atoms with Crippen molar-refractivity contribution in [2.45, 2.75) is 30.2 Å². The predicted molar refractivity (Wildman–Crippen MR) is 65.2 cm³/mol. The number of rotatable bonds is 2. The van der Waals surface area contributed by atoms with E-state index in [1.807, 2.05) is 0 Å². The quantitative estimate of drug-likeness (QED) is 0.812. The van der Waals surface area contributed by atoms with E-state index in [2.05, 4.69) is 15.9 Å². The largest absolute Gasteiger partial charge is 0.390 e. The molecule has 0 aromatic heterocycles. The molecule has 0 amide bonds. The first-order valence-electron chi connectivity index (χ1n) is 5.60. The average Bonchev–Trinajstić information content (AvgIpc) is 2.34. The topological polar surface area (TPSA) is 46.2 Å². The van der Waals surface area contributed by atoms with Crippen LogP contribution in [0.5, 0.6) is 0 Å². The van der Waals surface area contributed by atoms with Crippen molar-refractivity contribution in [3.63, 3.8) is 0 Å². The zero-order chi connectivity index (χ0) is 14.5. The van der Waals surface area contributed by atoms with Gasteiger partial charge in [0.25, 0.3) is 11.8 Å². The minimum absolute atomic E-state index is 0.322. The highest BCUT2D eigenvalue weighted by molar-refractivity contribution is 9.10. The van der Waals surface area contributed by atoms with Gasteiger partial charge in [-0.05, 0) is 24.1 Å². The second-order valence-corrected chi connectivity index (χ2v) is 5.64. The molecule has 2 rings (SSSR count). The summed E-state index contributed by atoms with van der Waals surface area (Å²) < 4.78 is 55.7. The van der Waals surface area contributed by atoms with Gasteiger partial charge >= 0.3 is 0 Å². The molecule has 7 heteroatoms. The molecule has 1 aromatic rings. The predicted octanol–water partition coefficient (Wildman–Crippen LogP) is 3.12. The van der Waals surface area contributed by atoms with Gasteiger partial charge in [-0.3, -0.25) is 0 Å². The third-order valence-electron chi connectivity index (χ3n) is 3.54. The van der Waals surface area contributed by atoms with E-state index >= 15 is 0 Å². The lowest BCUT2D eigenvalue weighted by molar-refractivity contribution is -0.136. The summed E-state index contributed by atoms with van der Waals surface area (Å²) in [5, 5.41) is 8.81. The molecule has 1 aromatic carbocycles. The summed E-state index contributed by atoms with van der Waals surface area (Å²) in [5.41, 5.74) is 2.57. The number of hydrogen-bond donors (Lipinski definition) is 2. The van der Waals surface area contributed by atoms with Crippen molar-refractivity contribution in [2.75, 3.05) is 6.61 Å². The zero-order valence-corrected chi connectivity index (χ0v) is 11.4. The zero-order valence-electron chi connectivity index (χ0n) is 9.77. The Morgan fingerprint density at radius 3 is 2.47 bits per heavy atom. The van der Waals surface area contributed by atoms with Crippen LogP contribution < -0.4 is 5.73 Å². The number of aliphatic hydroxyl groups is 1. The first kappa shape index (κ1) is 14.7. The Balaban J connectivity index is 2.67. The monoisotopic (exact) mass is 341 g/mol. The molecule has 0 heterocycles. The van der Waals surface area contributed by atoms with Crippen molar-refractivity contribution in [2.24, 2.45) is 5.73 Å². The number of aliphatic hydroxyl groups excluding tert-OH is 1. The fourth-order valence-electron chi connectivity index (χ4n) is 2.35. The van der Waals surface area contributed by atoms with Gasteiger partial charge in [0.2, 0.25) is 0 Å². The molecule has 2 nitrogen and oxygen atoms in total. The highest BCUT2D eigenvalue weighted by Crippen LogP contribution is 2.51. The van der Waals surface area contributed by atoms with Crippen molar-refractivity contribution in [1.29, 1.82) is 0 Å². The van der Waals surface area contributed by atoms with Crippen LogP contribution in [0.15, 0.2) is 22.7 Å². The van der Waals surface area contributed by atoms with Gasteiger partial charge in [0.15, 0.2) is 0 Å². The molecular weight excluding hydrogens is 330 g/mol. The van der Waals surface area contributed by atoms with Gasteiger partial charge in [-0.2, -0.15) is 0 Å². The van der Waals surface area contributed by atoms with E-state index in [4.69, 9.17) is 10.8 Å². The van der Waals surface area contributed by atoms with Crippen molar-refractivity contribution in [3.8, 4) is 0 Å². The van der Waals surface area contributed by atoms with Crippen LogP contribution in [0.2, 0.25) is 0 Å². The lowest BCUT2D eigenvalue weighted by Crippen LogP contribution is -2.57. The van der Waals surface area contributed by atoms with Gasteiger partial charge in [0.05, 0.1) is 0 Å². The Labute approximate surface area is 115 Å². The molecule has 1 aliphatic rings. The number of nitrogens with two attached hydrogens (primary N) is 1. The second-order valence-electron chi connectivity index (χ2n) is 4.73. The van der Waals surface area contributed by atoms with Gasteiger partial charge in [0, 0.05) is 16.5 Å². The molecule has 0 saturated carbocycles. The van der Waals surface area contributed by atoms with Crippen molar-refractivity contribution >= 4 is 15.9 Å². The summed E-state index contributed by atoms with van der Waals surface area (Å²) in [6.45, 7) is -1.49. The number of fused-ring (bicyclic) bond motifs is 1. The van der Waals surface area contributed by atoms with E-state index in [9.17, 15) is 17.6 Å². The molecule has 1 atom stereocenters. The number of hydrogen-bond acceptors (Lipinski definition) is 2. The fourth-order valence-corrected chi connectivity index (χ4v) is 2.71. The molecular formula is C12H12BrF4NO. The summed E-state index contributed by atoms with van der Waals surface area (Å²) >= 11 is 3.06. The van der Waals surface area contributed by atoms with Gasteiger partial charge in [-0.1, -0.05) is 22.0 Å². The first-order chi connectivity index (χ1) is 8.64. The van der Waals surface area contributed by atoms with Crippen LogP contribution in [0.25, 0.3) is 0 Å². The minimum Gasteiger partial charge on any atom is -0.390 e. The van der Waals surface area contributed by atoms with Gasteiger partial charge in [0.1, 0.15) is 12.1 Å². The SMILES string of the molecule is NC1(C(F)(F)CO)CCC(F)(F)c2ccc(Br)cc21. The van der Waals surface area contributed by atoms with E-state index in [1.54, 1.807) is 0 Å². The summed E-state index contributed by atoms with van der Waals surface area (Å²) in [6, 6.07) is 3.62. The maximum atomic E-state index is 13.8. The summed E-state index contributed by atoms with van der Waals surface area (Å²) in [4.78, 5) is 0. The highest BCUT2D eigenvalue weighted by Gasteiger charge is 2.58. The molecule has 0 spiro atoms. The Morgan fingerprint density at radius 1 is 1.26 bits per heavy atom. The molecule has 0 radical (unpaired) electrons. The Hall–Kier alpha value is -0.660. The van der Waals surface area contributed by atoms with Crippen LogP contribution in [0.3, 0.4) is 0 Å². The summed E-state index contributed by atoms with van der Waals surface area (Å²) in [5.74, 6) is -6.86. The third-order valence-corrected chi connectivity index (χ3v) is 4.03. The number of halogens is 5. The van der Waals surface area contributed by atoms with Crippen LogP contribution in [-0.2, 0) is 11.5 Å². The van der Waals surface area contributed by atoms with Crippen molar-refractivity contribution in [3.05, 3.63) is 33.8 Å². The molecule has 0 bridgehead atoms. The smallest absolute Gasteiger partial charge is 0.292 e. The Kier molecular flexibility index (Phi) is 3.43. The molecule has 19 heavy (non-hydrogen) atoms. The second kappa shape index (κ2) is 4.43. The van der Waals surface area contributed by atoms with Gasteiger partial charge in [-0.15, -0.1) is 0 Å². The summed E-state index contributed by atoms with van der Waals surface area (Å²) in [7, 11) is 0. The molecule has 0 saturated heterocycles. The van der Waals surface area contributed by atoms with Crippen molar-refractivity contribution < 1.29 is 22.7 Å². The fraction of sp³-hybridized carbons (Fsp3) is 0.500. The Bertz CT molecular complexity index is 509. The maximum absolute atomic E-state index is 13.8. The molecule has 106 valence electrons. The van der Waals surface area contributed by atoms with E-state index in [1.165, 1.54) is 12.1 Å². The maximum Gasteiger partial charge on any atom is 0.292 e. The molecule has 3 N–H and O–H groups in total. The minimum atomic E-state index is -3.67. The van der Waals surface area contributed by atoms with Crippen molar-refractivity contribution in [1.82, 2.24) is 0 Å². The highest BCUT2D eigenvalue weighted by atomic mass is 79.9. The number of alkyl halides is 4. The Morgan fingerprint density at radius 2 is 1.89 bits per heavy atom. The van der Waals surface area contributed by atoms with Gasteiger partial charge in [-0.25, -0.2) is 17.6 Å². The molecule has 1 aliphatic carbocycles. The number of benzene rings is 1. The van der Waals surface area contributed by atoms with E-state index in [0.29, 0.717) is 4.47 Å². The van der Waals surface area contributed by atoms with Gasteiger partial charge < -0.3 is 10.8 Å². The van der Waals surface area contributed by atoms with E-state index in [-0.39, 0.29) is 5.56 Å². The van der Waals surface area contributed by atoms with Crippen LogP contribution in [0.4, 0.5) is 17.6 Å². The van der Waals surface area contributed by atoms with Crippen LogP contribution in [-0.4, -0.2) is 17.6 Å². The molecule has 1 unspecified atom stereocenters. The molecule has 0 aliphatic heterocycles. The lowest BCUT2D eigenvalue weighted by Gasteiger charge is -2.43. The third kappa shape index (κ3) is 2.17. The van der Waals surface area contributed by atoms with E-state index in [0.717, 1.165) is 6.07 Å². The standard InChI is InChI=1S/C12H12BrF4NO/c13-7-1-2-8-9(5-7)10(18,12(16,17)6-19)3-4-11(8,14)15/h1-2,5,19H,3-4,6,18H2. The van der Waals surface area contributed by atoms with Crippen LogP contribution >= 0.6 is 15.9 Å². The molecule has 0 fully saturated rings. The first-order valence-corrected chi connectivity index (χ1v) is 6.39.